The van der Waals surface area contributed by atoms with Crippen LogP contribution >= 0.6 is 0 Å². The lowest BCUT2D eigenvalue weighted by molar-refractivity contribution is 0.0528. The average molecular weight is 326 g/mol. The lowest BCUT2D eigenvalue weighted by atomic mass is 10.2. The minimum Gasteiger partial charge on any atom is -0.414 e. The molecule has 0 aliphatic heterocycles. The fourth-order valence-electron chi connectivity index (χ4n) is 0.679. The second kappa shape index (κ2) is 6.61. The van der Waals surface area contributed by atoms with Gasteiger partial charge in [0.2, 0.25) is 0 Å². The molecule has 3 nitrogen and oxygen atoms in total. The molecule has 0 atom stereocenters. The Morgan fingerprint density at radius 2 is 1.15 bits per heavy atom. The van der Waals surface area contributed by atoms with E-state index >= 15 is 0 Å². The van der Waals surface area contributed by atoms with E-state index in [9.17, 15) is 5.11 Å². The van der Waals surface area contributed by atoms with Crippen molar-refractivity contribution in [1.82, 2.24) is 0 Å². The SMILES string of the molecule is [2H]C([2H])(O[Si](C)(C)C(C)(C)C)C([2H])(O)C([2H])([2H])O[Si](C)(C)C(C)(C)C. The van der Waals surface area contributed by atoms with Crippen LogP contribution in [0.5, 0.6) is 0 Å². The predicted molar refractivity (Wildman–Crippen MR) is 92.3 cm³/mol. The van der Waals surface area contributed by atoms with Crippen LogP contribution < -0.4 is 0 Å². The van der Waals surface area contributed by atoms with Crippen molar-refractivity contribution in [2.75, 3.05) is 13.1 Å². The first-order valence-electron chi connectivity index (χ1n) is 9.54. The minimum absolute atomic E-state index is 0.358. The van der Waals surface area contributed by atoms with Crippen LogP contribution in [0.1, 0.15) is 48.4 Å². The minimum atomic E-state index is -3.22. The van der Waals surface area contributed by atoms with Gasteiger partial charge in [-0.2, -0.15) is 0 Å². The van der Waals surface area contributed by atoms with Crippen molar-refractivity contribution in [2.45, 2.75) is 83.9 Å². The predicted octanol–water partition coefficient (Wildman–Crippen LogP) is 4.39. The summed E-state index contributed by atoms with van der Waals surface area (Å²) in [5.74, 6) is 0. The Morgan fingerprint density at radius 1 is 0.900 bits per heavy atom. The molecule has 0 rings (SSSR count). The summed E-state index contributed by atoms with van der Waals surface area (Å²) in [6, 6.07) is 0. The van der Waals surface area contributed by atoms with E-state index in [0.29, 0.717) is 0 Å². The van der Waals surface area contributed by atoms with Gasteiger partial charge in [-0.1, -0.05) is 41.5 Å². The van der Waals surface area contributed by atoms with E-state index in [1.807, 2.05) is 41.5 Å². The molecule has 0 heterocycles. The van der Waals surface area contributed by atoms with Crippen molar-refractivity contribution in [3.05, 3.63) is 0 Å². The van der Waals surface area contributed by atoms with Gasteiger partial charge in [0.25, 0.3) is 0 Å². The molecule has 5 heteroatoms. The van der Waals surface area contributed by atoms with Crippen LogP contribution in [0, 0.1) is 0 Å². The average Bonchev–Trinajstić information content (AvgIpc) is 2.21. The summed E-state index contributed by atoms with van der Waals surface area (Å²) in [7, 11) is -5.38. The third-order valence-corrected chi connectivity index (χ3v) is 12.9. The number of aliphatic hydroxyl groups is 1. The van der Waals surface area contributed by atoms with Gasteiger partial charge >= 0.3 is 0 Å². The Bertz CT molecular complexity index is 439. The fraction of sp³-hybridized carbons (Fsp3) is 1.00. The summed E-state index contributed by atoms with van der Waals surface area (Å²) in [5, 5.41) is 9.82. The standard InChI is InChI=1S/C15H36O3Si2/c1-14(2,3)19(7,8)17-11-13(16)12-18-20(9,10)15(4,5)6/h13,16H,11-12H2,1-10H3/i11D2,12D2,13D. The molecule has 0 aromatic rings. The first-order valence-corrected chi connectivity index (χ1v) is 12.9. The zero-order chi connectivity index (χ0) is 20.9. The van der Waals surface area contributed by atoms with E-state index in [2.05, 4.69) is 0 Å². The van der Waals surface area contributed by atoms with Crippen molar-refractivity contribution >= 4 is 16.6 Å². The normalized spacial score (nSPS) is 20.6. The van der Waals surface area contributed by atoms with Gasteiger partial charge in [-0.15, -0.1) is 0 Å². The molecule has 0 saturated heterocycles. The fourth-order valence-corrected chi connectivity index (χ4v) is 1.99. The summed E-state index contributed by atoms with van der Waals surface area (Å²) in [6.45, 7) is 12.7. The summed E-state index contributed by atoms with van der Waals surface area (Å²) in [4.78, 5) is 0. The zero-order valence-corrected chi connectivity index (χ0v) is 16.8. The molecule has 0 aliphatic rings. The van der Waals surface area contributed by atoms with Gasteiger partial charge in [-0.3, -0.25) is 0 Å². The lowest BCUT2D eigenvalue weighted by Gasteiger charge is -2.38. The molecule has 0 radical (unpaired) electrons. The maximum absolute atomic E-state index is 10.5. The van der Waals surface area contributed by atoms with Gasteiger partial charge in [0, 0.05) is 0 Å². The zero-order valence-electron chi connectivity index (χ0n) is 19.8. The highest BCUT2D eigenvalue weighted by Gasteiger charge is 2.39. The molecule has 0 spiro atoms. The topological polar surface area (TPSA) is 38.7 Å². The molecule has 0 aromatic carbocycles. The van der Waals surface area contributed by atoms with Crippen LogP contribution in [0.2, 0.25) is 36.3 Å². The molecule has 0 fully saturated rings. The Morgan fingerprint density at radius 3 is 1.35 bits per heavy atom. The van der Waals surface area contributed by atoms with E-state index in [1.165, 1.54) is 0 Å². The van der Waals surface area contributed by atoms with E-state index in [-0.39, 0.29) is 10.1 Å². The van der Waals surface area contributed by atoms with Crippen molar-refractivity contribution in [1.29, 1.82) is 0 Å². The highest BCUT2D eigenvalue weighted by Crippen LogP contribution is 2.37. The molecule has 0 saturated carbocycles. The summed E-state index contributed by atoms with van der Waals surface area (Å²) in [6.07, 6.45) is -3.22. The van der Waals surface area contributed by atoms with E-state index in [1.54, 1.807) is 26.2 Å². The molecule has 122 valence electrons. The summed E-state index contributed by atoms with van der Waals surface area (Å²) >= 11 is 0. The number of hydrogen-bond donors (Lipinski definition) is 1. The monoisotopic (exact) mass is 325 g/mol. The Balaban J connectivity index is 5.79. The molecular formula is C15H36O3Si2. The van der Waals surface area contributed by atoms with Gasteiger partial charge in [0.1, 0.15) is 0 Å². The van der Waals surface area contributed by atoms with Crippen LogP contribution in [0.3, 0.4) is 0 Å². The number of hydrogen-bond acceptors (Lipinski definition) is 3. The van der Waals surface area contributed by atoms with Crippen LogP contribution in [-0.4, -0.2) is 40.9 Å². The molecule has 20 heavy (non-hydrogen) atoms. The largest absolute Gasteiger partial charge is 0.414 e. The van der Waals surface area contributed by atoms with Crippen LogP contribution in [0.4, 0.5) is 0 Å². The molecular weight excluding hydrogens is 284 g/mol. The quantitative estimate of drug-likeness (QED) is 0.736. The summed E-state index contributed by atoms with van der Waals surface area (Å²) < 4.78 is 51.7. The second-order valence-corrected chi connectivity index (χ2v) is 17.7. The summed E-state index contributed by atoms with van der Waals surface area (Å²) in [5.41, 5.74) is 0. The molecule has 0 bridgehead atoms. The third-order valence-electron chi connectivity index (χ3n) is 4.42. The van der Waals surface area contributed by atoms with Crippen LogP contribution in [-0.2, 0) is 8.85 Å². The molecule has 1 N–H and O–H groups in total. The smallest absolute Gasteiger partial charge is 0.192 e. The van der Waals surface area contributed by atoms with Gasteiger partial charge in [-0.25, -0.2) is 0 Å². The van der Waals surface area contributed by atoms with E-state index in [0.717, 1.165) is 0 Å². The Hall–Kier alpha value is 0.314. The van der Waals surface area contributed by atoms with Crippen LogP contribution in [0.25, 0.3) is 0 Å². The molecule has 0 aliphatic carbocycles. The van der Waals surface area contributed by atoms with E-state index < -0.39 is 35.8 Å². The number of rotatable bonds is 6. The molecule has 0 amide bonds. The Labute approximate surface area is 135 Å². The third kappa shape index (κ3) is 5.97. The van der Waals surface area contributed by atoms with Gasteiger partial charge in [-0.05, 0) is 36.3 Å². The Kier molecular flexibility index (Phi) is 4.23. The van der Waals surface area contributed by atoms with Crippen molar-refractivity contribution in [2.24, 2.45) is 0 Å². The van der Waals surface area contributed by atoms with E-state index in [4.69, 9.17) is 15.7 Å². The second-order valence-electron chi connectivity index (χ2n) is 8.28. The molecule has 0 aromatic heterocycles. The highest BCUT2D eigenvalue weighted by molar-refractivity contribution is 6.74. The van der Waals surface area contributed by atoms with Crippen molar-refractivity contribution in [3.8, 4) is 0 Å². The first kappa shape index (κ1) is 12.8. The van der Waals surface area contributed by atoms with Gasteiger partial charge in [0.15, 0.2) is 16.6 Å². The van der Waals surface area contributed by atoms with Gasteiger partial charge in [0.05, 0.1) is 26.1 Å². The lowest BCUT2D eigenvalue weighted by Crippen LogP contribution is -2.45. The van der Waals surface area contributed by atoms with Crippen molar-refractivity contribution in [3.63, 3.8) is 0 Å². The van der Waals surface area contributed by atoms with Crippen LogP contribution in [0.15, 0.2) is 0 Å². The van der Waals surface area contributed by atoms with Gasteiger partial charge < -0.3 is 14.0 Å². The highest BCUT2D eigenvalue weighted by atomic mass is 28.4. The maximum Gasteiger partial charge on any atom is 0.192 e. The molecule has 0 unspecified atom stereocenters. The van der Waals surface area contributed by atoms with Crippen molar-refractivity contribution < 1.29 is 20.8 Å². The first-order chi connectivity index (χ1) is 10.4. The maximum atomic E-state index is 10.5.